The summed E-state index contributed by atoms with van der Waals surface area (Å²) in [5.74, 6) is 0. The topological polar surface area (TPSA) is 25.9 Å². The van der Waals surface area contributed by atoms with Crippen molar-refractivity contribution in [2.45, 2.75) is 80.1 Å². The second-order valence-electron chi connectivity index (χ2n) is 12.1. The van der Waals surface area contributed by atoms with Crippen LogP contribution in [0.25, 0.3) is 0 Å². The molecule has 0 bridgehead atoms. The van der Waals surface area contributed by atoms with Crippen LogP contribution in [-0.2, 0) is 0 Å². The van der Waals surface area contributed by atoms with Gasteiger partial charge in [0.2, 0.25) is 0 Å². The van der Waals surface area contributed by atoms with E-state index < -0.39 is 0 Å². The minimum absolute atomic E-state index is 0.0421. The zero-order valence-corrected chi connectivity index (χ0v) is 22.6. The molecule has 8 aliphatic heterocycles. The Hall–Kier alpha value is -2.64. The van der Waals surface area contributed by atoms with E-state index in [2.05, 4.69) is 94.6 Å². The van der Waals surface area contributed by atoms with Gasteiger partial charge in [-0.2, -0.15) is 0 Å². The molecule has 8 aliphatic rings. The summed E-state index contributed by atoms with van der Waals surface area (Å²) in [5, 5.41) is 0. The highest BCUT2D eigenvalue weighted by Gasteiger charge is 2.77. The first-order valence-electron chi connectivity index (χ1n) is 13.5. The van der Waals surface area contributed by atoms with Crippen molar-refractivity contribution >= 4 is 0 Å². The summed E-state index contributed by atoms with van der Waals surface area (Å²) in [5.41, 5.74) is 11.8. The van der Waals surface area contributed by atoms with Crippen molar-refractivity contribution in [3.63, 3.8) is 0 Å². The van der Waals surface area contributed by atoms with E-state index in [1.54, 1.807) is 0 Å². The standard InChI is InChI=1S/C27H40N8/c1-15-19(5)32-13-33-20(6)17(3)30-11-12-31-18(4)22(8)35-14-34-21(7)16(2)29-10-9-28(15)23(32)27(24(29)34,25(30)33)26(31)35/h23-26H,9-14H2,1-8H3. The van der Waals surface area contributed by atoms with E-state index in [-0.39, 0.29) is 5.41 Å². The van der Waals surface area contributed by atoms with Crippen LogP contribution in [0.3, 0.4) is 0 Å². The molecule has 8 heteroatoms. The van der Waals surface area contributed by atoms with Gasteiger partial charge in [0.15, 0.2) is 0 Å². The number of rotatable bonds is 0. The highest BCUT2D eigenvalue weighted by atomic mass is 15.7. The molecule has 4 unspecified atom stereocenters. The van der Waals surface area contributed by atoms with Crippen LogP contribution in [0.2, 0.25) is 0 Å². The van der Waals surface area contributed by atoms with Gasteiger partial charge in [-0.05, 0) is 55.4 Å². The number of hydrogen-bond acceptors (Lipinski definition) is 8. The van der Waals surface area contributed by atoms with Crippen LogP contribution in [0.1, 0.15) is 55.4 Å². The second kappa shape index (κ2) is 6.01. The monoisotopic (exact) mass is 476 g/mol. The molecule has 0 N–H and O–H groups in total. The molecule has 4 saturated heterocycles. The van der Waals surface area contributed by atoms with Crippen molar-refractivity contribution < 1.29 is 0 Å². The van der Waals surface area contributed by atoms with E-state index in [9.17, 15) is 0 Å². The zero-order valence-electron chi connectivity index (χ0n) is 22.6. The first kappa shape index (κ1) is 20.5. The van der Waals surface area contributed by atoms with Crippen molar-refractivity contribution in [3.8, 4) is 0 Å². The molecule has 0 aliphatic carbocycles. The van der Waals surface area contributed by atoms with Gasteiger partial charge in [0.25, 0.3) is 0 Å². The molecule has 0 aromatic heterocycles. The predicted octanol–water partition coefficient (Wildman–Crippen LogP) is 2.72. The van der Waals surface area contributed by atoms with Gasteiger partial charge >= 0.3 is 0 Å². The first-order chi connectivity index (χ1) is 16.7. The molecule has 188 valence electrons. The molecular formula is C27H40N8. The fraction of sp³-hybridized carbons (Fsp3) is 0.704. The lowest BCUT2D eigenvalue weighted by Gasteiger charge is -2.67. The van der Waals surface area contributed by atoms with Crippen LogP contribution in [0, 0.1) is 5.41 Å². The summed E-state index contributed by atoms with van der Waals surface area (Å²) < 4.78 is 0. The predicted molar refractivity (Wildman–Crippen MR) is 135 cm³/mol. The molecule has 8 rings (SSSR count). The Bertz CT molecular complexity index is 1010. The molecule has 0 aromatic carbocycles. The lowest BCUT2D eigenvalue weighted by atomic mass is 9.69. The molecule has 35 heavy (non-hydrogen) atoms. The molecule has 0 radical (unpaired) electrons. The summed E-state index contributed by atoms with van der Waals surface area (Å²) >= 11 is 0. The van der Waals surface area contributed by atoms with Gasteiger partial charge in [-0.15, -0.1) is 0 Å². The minimum atomic E-state index is -0.0421. The lowest BCUT2D eigenvalue weighted by molar-refractivity contribution is -0.244. The number of hydrogen-bond donors (Lipinski definition) is 0. The maximum absolute atomic E-state index is 2.81. The fourth-order valence-corrected chi connectivity index (χ4v) is 9.42. The SMILES string of the molecule is CC1=C(C)N2CN3C(C)=C(C)N4CCN5C(C)=C(C)N6CN7C(C)=C(C)N8CCN1C2C(C43)(C87)C56. The van der Waals surface area contributed by atoms with Gasteiger partial charge in [-0.1, -0.05) is 0 Å². The zero-order chi connectivity index (χ0) is 24.3. The van der Waals surface area contributed by atoms with Gasteiger partial charge in [0, 0.05) is 71.8 Å². The first-order valence-corrected chi connectivity index (χ1v) is 13.5. The van der Waals surface area contributed by atoms with Gasteiger partial charge in [0.1, 0.15) is 30.1 Å². The van der Waals surface area contributed by atoms with Crippen molar-refractivity contribution in [3.05, 3.63) is 45.6 Å². The largest absolute Gasteiger partial charge is 0.351 e. The van der Waals surface area contributed by atoms with Crippen molar-refractivity contribution in [1.29, 1.82) is 0 Å². The maximum Gasteiger partial charge on any atom is 0.126 e. The van der Waals surface area contributed by atoms with Crippen molar-refractivity contribution in [2.75, 3.05) is 39.5 Å². The second-order valence-corrected chi connectivity index (χ2v) is 12.1. The van der Waals surface area contributed by atoms with Gasteiger partial charge < -0.3 is 39.2 Å². The normalized spacial score (nSPS) is 39.1. The van der Waals surface area contributed by atoms with E-state index in [0.717, 1.165) is 39.5 Å². The van der Waals surface area contributed by atoms with Crippen LogP contribution in [0.15, 0.2) is 45.6 Å². The van der Waals surface area contributed by atoms with Gasteiger partial charge in [-0.25, -0.2) is 0 Å². The van der Waals surface area contributed by atoms with E-state index in [1.807, 2.05) is 0 Å². The lowest BCUT2D eigenvalue weighted by Crippen LogP contribution is -2.83. The molecule has 8 heterocycles. The summed E-state index contributed by atoms with van der Waals surface area (Å²) in [6, 6.07) is 0. The Kier molecular flexibility index (Phi) is 3.53. The summed E-state index contributed by atoms with van der Waals surface area (Å²) in [6.45, 7) is 25.4. The number of allylic oxidation sites excluding steroid dienone is 8. The smallest absolute Gasteiger partial charge is 0.126 e. The Morgan fingerprint density at radius 1 is 0.371 bits per heavy atom. The third kappa shape index (κ3) is 1.90. The van der Waals surface area contributed by atoms with Crippen LogP contribution in [0.4, 0.5) is 0 Å². The van der Waals surface area contributed by atoms with Gasteiger partial charge in [0.05, 0.1) is 13.3 Å². The maximum atomic E-state index is 2.81. The molecule has 4 fully saturated rings. The Morgan fingerprint density at radius 3 is 0.800 bits per heavy atom. The van der Waals surface area contributed by atoms with Crippen molar-refractivity contribution in [1.82, 2.24) is 39.2 Å². The molecule has 0 amide bonds. The average molecular weight is 477 g/mol. The van der Waals surface area contributed by atoms with E-state index in [4.69, 9.17) is 0 Å². The molecule has 4 atom stereocenters. The highest BCUT2D eigenvalue weighted by Crippen LogP contribution is 2.64. The average Bonchev–Trinajstić information content (AvgIpc) is 3.31. The Balaban J connectivity index is 1.48. The van der Waals surface area contributed by atoms with Crippen molar-refractivity contribution in [2.24, 2.45) is 5.41 Å². The van der Waals surface area contributed by atoms with Crippen LogP contribution < -0.4 is 0 Å². The summed E-state index contributed by atoms with van der Waals surface area (Å²) in [7, 11) is 0. The van der Waals surface area contributed by atoms with Crippen LogP contribution in [-0.4, -0.2) is 103 Å². The molecule has 8 nitrogen and oxygen atoms in total. The van der Waals surface area contributed by atoms with Crippen LogP contribution in [0.5, 0.6) is 0 Å². The molecule has 0 aromatic rings. The quantitative estimate of drug-likeness (QED) is 0.527. The summed E-state index contributed by atoms with van der Waals surface area (Å²) in [4.78, 5) is 22.4. The third-order valence-electron chi connectivity index (χ3n) is 11.5. The Labute approximate surface area is 210 Å². The van der Waals surface area contributed by atoms with Gasteiger partial charge in [-0.3, -0.25) is 0 Å². The van der Waals surface area contributed by atoms with E-state index in [1.165, 1.54) is 45.6 Å². The number of nitrogens with zero attached hydrogens (tertiary/aromatic N) is 8. The van der Waals surface area contributed by atoms with E-state index >= 15 is 0 Å². The fourth-order valence-electron chi connectivity index (χ4n) is 9.42. The summed E-state index contributed by atoms with van der Waals surface area (Å²) in [6.07, 6.45) is 1.42. The highest BCUT2D eigenvalue weighted by molar-refractivity contribution is 5.39. The third-order valence-corrected chi connectivity index (χ3v) is 11.5. The molecular weight excluding hydrogens is 436 g/mol. The molecule has 0 saturated carbocycles. The van der Waals surface area contributed by atoms with E-state index in [0.29, 0.717) is 24.7 Å². The molecule has 1 spiro atoms. The van der Waals surface area contributed by atoms with Crippen LogP contribution >= 0.6 is 0 Å². The minimum Gasteiger partial charge on any atom is -0.351 e. The Morgan fingerprint density at radius 2 is 0.571 bits per heavy atom.